The maximum atomic E-state index is 14.7. The first kappa shape index (κ1) is 74.9. The largest absolute Gasteiger partial charge is 0.508 e. The van der Waals surface area contributed by atoms with E-state index < -0.39 is 174 Å². The maximum absolute atomic E-state index is 14.7. The number of unbranched alkanes of at least 4 members (excludes halogenated alkanes) is 1. The Morgan fingerprint density at radius 1 is 0.615 bits per heavy atom. The maximum Gasteiger partial charge on any atom is 0.326 e. The predicted octanol–water partition coefficient (Wildman–Crippen LogP) is -3.19. The number of fused-ring (bicyclic) bond motifs is 1. The Morgan fingerprint density at radius 3 is 1.73 bits per heavy atom. The number of phenolic OH excluding ortho intramolecular Hbond substituents is 1. The number of carboxylic acid groups (broad SMARTS) is 3. The number of likely N-dealkylation sites (tertiary alicyclic amines) is 1. The summed E-state index contributed by atoms with van der Waals surface area (Å²) in [6.45, 7) is 5.69. The Bertz CT molecular complexity index is 3080. The second-order valence-corrected chi connectivity index (χ2v) is 23.0. The standard InChI is InChI=1S/C58H83N13O18S2/c1-28(2)46(58(88)89)69-55(85)42(27-91)68-51(81)38(22-31-14-16-33(73)17-15-31)65-50(80)37(12-7-8-20-59)63-52(82)39(23-32-25-61-36-11-6-5-10-34(32)36)64-48(78)29(3)62-54(84)41(26-90)67-53(83)40(24-45(76)77)66-56(86)43-13-9-21-71(43)57(87)47(30(4)72)70-49(79)35(60)18-19-44(74)75/h5-6,10-11,14-17,25,28-30,35,37-43,46-47,61,72-73,90-91H,7-9,12-13,18-24,26-27,59-60H2,1-4H3,(H,62,84)(H,63,82)(H,64,78)(H,65,80)(H,66,86)(H,67,83)(H,68,81)(H,69,85)(H,70,79)(H,74,75)(H,76,77)(H,88,89)/t29-,30+,35-,37-,38-,39-,40-,41-,42-,43+,46-,47-/m0/s1. The SMILES string of the molecule is CC(C)[C@H](NC(=O)[C@H](CS)NC(=O)[C@H](Cc1ccc(O)cc1)NC(=O)[C@H](CCCCN)NC(=O)[C@H](Cc1c[nH]c2ccccc12)NC(=O)[C@H](C)NC(=O)[C@H](CS)NC(=O)[C@H](CC(=O)O)NC(=O)[C@H]1CCCN1C(=O)[C@@H](NC(=O)[C@@H](N)CCC(=O)O)[C@@H](C)O)C(=O)O. The number of nitrogens with one attached hydrogen (secondary N) is 10. The van der Waals surface area contributed by atoms with Gasteiger partial charge in [-0.1, -0.05) is 44.2 Å². The van der Waals surface area contributed by atoms with Crippen LogP contribution in [0.15, 0.2) is 54.7 Å². The van der Waals surface area contributed by atoms with Crippen LogP contribution in [-0.4, -0.2) is 210 Å². The van der Waals surface area contributed by atoms with Gasteiger partial charge in [0.25, 0.3) is 0 Å². The molecule has 3 aromatic rings. The molecule has 10 amide bonds. The lowest BCUT2D eigenvalue weighted by Crippen LogP contribution is -2.61. The highest BCUT2D eigenvalue weighted by Crippen LogP contribution is 2.22. The monoisotopic (exact) mass is 1310 g/mol. The lowest BCUT2D eigenvalue weighted by atomic mass is 10.0. The van der Waals surface area contributed by atoms with Gasteiger partial charge in [0.1, 0.15) is 66.2 Å². The van der Waals surface area contributed by atoms with Crippen molar-refractivity contribution in [2.24, 2.45) is 17.4 Å². The summed E-state index contributed by atoms with van der Waals surface area (Å²) in [6, 6.07) is -3.74. The number of aromatic amines is 1. The van der Waals surface area contributed by atoms with Crippen molar-refractivity contribution >= 4 is 113 Å². The van der Waals surface area contributed by atoms with Gasteiger partial charge in [0.05, 0.1) is 18.6 Å². The third-order valence-corrected chi connectivity index (χ3v) is 15.6. The average Bonchev–Trinajstić information content (AvgIpc) is 1.92. The number of aromatic nitrogens is 1. The number of carboxylic acids is 3. The lowest BCUT2D eigenvalue weighted by molar-refractivity contribution is -0.145. The number of phenols is 1. The van der Waals surface area contributed by atoms with Gasteiger partial charge in [0.2, 0.25) is 59.1 Å². The second-order valence-electron chi connectivity index (χ2n) is 22.3. The number of aliphatic hydroxyl groups is 1. The van der Waals surface area contributed by atoms with Crippen molar-refractivity contribution in [3.05, 3.63) is 65.9 Å². The van der Waals surface area contributed by atoms with Crippen LogP contribution in [0.2, 0.25) is 0 Å². The minimum Gasteiger partial charge on any atom is -0.508 e. The van der Waals surface area contributed by atoms with E-state index in [0.29, 0.717) is 28.5 Å². The van der Waals surface area contributed by atoms with Crippen molar-refractivity contribution in [1.82, 2.24) is 57.7 Å². The van der Waals surface area contributed by atoms with Gasteiger partial charge in [-0.05, 0) is 94.2 Å². The van der Waals surface area contributed by atoms with Gasteiger partial charge in [0, 0.05) is 54.4 Å². The van der Waals surface area contributed by atoms with E-state index in [1.54, 1.807) is 44.3 Å². The number of aliphatic hydroxyl groups excluding tert-OH is 1. The minimum absolute atomic E-state index is 0.00138. The molecule has 500 valence electrons. The number of rotatable bonds is 37. The van der Waals surface area contributed by atoms with Crippen LogP contribution in [-0.2, 0) is 75.2 Å². The average molecular weight is 1310 g/mol. The van der Waals surface area contributed by atoms with Gasteiger partial charge < -0.3 is 94.7 Å². The van der Waals surface area contributed by atoms with Crippen LogP contribution in [0.25, 0.3) is 10.9 Å². The molecule has 0 radical (unpaired) electrons. The normalized spacial score (nSPS) is 16.5. The zero-order valence-corrected chi connectivity index (χ0v) is 52.4. The molecule has 0 unspecified atom stereocenters. The number of H-pyrrole nitrogens is 1. The lowest BCUT2D eigenvalue weighted by Gasteiger charge is -2.31. The molecular formula is C58H83N13O18S2. The number of aliphatic carboxylic acids is 3. The molecule has 1 fully saturated rings. The van der Waals surface area contributed by atoms with E-state index in [4.69, 9.17) is 16.6 Å². The summed E-state index contributed by atoms with van der Waals surface area (Å²) in [5, 5.41) is 71.8. The van der Waals surface area contributed by atoms with Gasteiger partial charge in [-0.2, -0.15) is 25.3 Å². The molecule has 0 aliphatic carbocycles. The topological polar surface area (TPSA) is 502 Å². The second kappa shape index (κ2) is 36.4. The molecule has 33 heteroatoms. The first-order valence-corrected chi connectivity index (χ1v) is 30.6. The van der Waals surface area contributed by atoms with Crippen molar-refractivity contribution in [1.29, 1.82) is 0 Å². The highest BCUT2D eigenvalue weighted by molar-refractivity contribution is 7.80. The molecule has 12 atom stereocenters. The van der Waals surface area contributed by atoms with Crippen LogP contribution in [0.1, 0.15) is 90.2 Å². The number of thiol groups is 2. The van der Waals surface area contributed by atoms with Crippen LogP contribution in [0.5, 0.6) is 5.75 Å². The number of para-hydroxylation sites is 1. The van der Waals surface area contributed by atoms with Crippen molar-refractivity contribution in [2.45, 2.75) is 164 Å². The Kier molecular flexibility index (Phi) is 29.9. The van der Waals surface area contributed by atoms with Crippen LogP contribution in [0.4, 0.5) is 0 Å². The Hall–Kier alpha value is -8.53. The van der Waals surface area contributed by atoms with Crippen LogP contribution >= 0.6 is 25.3 Å². The number of aromatic hydroxyl groups is 1. The Labute approximate surface area is 534 Å². The van der Waals surface area contributed by atoms with E-state index in [-0.39, 0.29) is 69.5 Å². The predicted molar refractivity (Wildman–Crippen MR) is 333 cm³/mol. The van der Waals surface area contributed by atoms with Gasteiger partial charge in [-0.3, -0.25) is 57.5 Å². The van der Waals surface area contributed by atoms with Crippen LogP contribution < -0.4 is 59.3 Å². The number of benzene rings is 2. The highest BCUT2D eigenvalue weighted by Gasteiger charge is 2.42. The third kappa shape index (κ3) is 23.0. The number of hydrogen-bond acceptors (Lipinski definition) is 19. The molecule has 1 aliphatic heterocycles. The number of amides is 10. The summed E-state index contributed by atoms with van der Waals surface area (Å²) < 4.78 is 0. The summed E-state index contributed by atoms with van der Waals surface area (Å²) >= 11 is 8.40. The minimum atomic E-state index is -1.88. The summed E-state index contributed by atoms with van der Waals surface area (Å²) in [5.41, 5.74) is 13.2. The molecule has 31 nitrogen and oxygen atoms in total. The van der Waals surface area contributed by atoms with E-state index in [0.717, 1.165) is 4.90 Å². The van der Waals surface area contributed by atoms with Crippen LogP contribution in [0.3, 0.4) is 0 Å². The highest BCUT2D eigenvalue weighted by atomic mass is 32.1. The zero-order valence-electron chi connectivity index (χ0n) is 50.6. The smallest absolute Gasteiger partial charge is 0.326 e. The number of carbonyl (C=O) groups excluding carboxylic acids is 10. The van der Waals surface area contributed by atoms with E-state index >= 15 is 0 Å². The molecular weight excluding hydrogens is 1230 g/mol. The zero-order chi connectivity index (χ0) is 67.8. The van der Waals surface area contributed by atoms with E-state index in [2.05, 4.69) is 78.1 Å². The van der Waals surface area contributed by atoms with Crippen molar-refractivity contribution in [3.8, 4) is 5.75 Å². The van der Waals surface area contributed by atoms with Crippen molar-refractivity contribution < 1.29 is 87.9 Å². The fourth-order valence-electron chi connectivity index (χ4n) is 9.68. The van der Waals surface area contributed by atoms with E-state index in [1.165, 1.54) is 38.1 Å². The fourth-order valence-corrected chi connectivity index (χ4v) is 10.2. The van der Waals surface area contributed by atoms with Gasteiger partial charge in [-0.25, -0.2) is 4.79 Å². The third-order valence-electron chi connectivity index (χ3n) is 14.8. The van der Waals surface area contributed by atoms with Crippen LogP contribution in [0, 0.1) is 5.92 Å². The van der Waals surface area contributed by atoms with Gasteiger partial charge >= 0.3 is 17.9 Å². The first-order valence-electron chi connectivity index (χ1n) is 29.4. The Morgan fingerprint density at radius 2 is 1.15 bits per heavy atom. The summed E-state index contributed by atoms with van der Waals surface area (Å²) in [6.07, 6.45) is -1.33. The molecule has 0 spiro atoms. The first-order chi connectivity index (χ1) is 43.0. The summed E-state index contributed by atoms with van der Waals surface area (Å²) in [4.78, 5) is 178. The number of hydrogen-bond donors (Lipinski definition) is 19. The fraction of sp³-hybridized carbons (Fsp3) is 0.534. The molecule has 0 bridgehead atoms. The van der Waals surface area contributed by atoms with E-state index in [9.17, 15) is 82.8 Å². The van der Waals surface area contributed by atoms with Crippen molar-refractivity contribution in [2.75, 3.05) is 24.6 Å². The molecule has 2 aromatic carbocycles. The molecule has 1 aliphatic rings. The molecule has 4 rings (SSSR count). The molecule has 0 saturated carbocycles. The quantitative estimate of drug-likeness (QED) is 0.0200. The molecule has 2 heterocycles. The number of carbonyl (C=O) groups is 13. The Balaban J connectivity index is 1.55. The van der Waals surface area contributed by atoms with Crippen molar-refractivity contribution in [3.63, 3.8) is 0 Å². The van der Waals surface area contributed by atoms with Gasteiger partial charge in [-0.15, -0.1) is 0 Å². The molecule has 91 heavy (non-hydrogen) atoms. The molecule has 1 saturated heterocycles. The summed E-state index contributed by atoms with van der Waals surface area (Å²) in [5.74, 6) is -15.2. The summed E-state index contributed by atoms with van der Waals surface area (Å²) in [7, 11) is 0. The number of nitrogens with two attached hydrogens (primary N) is 2. The molecule has 1 aromatic heterocycles. The molecule has 19 N–H and O–H groups in total. The number of nitrogens with zero attached hydrogens (tertiary/aromatic N) is 1. The van der Waals surface area contributed by atoms with E-state index in [1.807, 2.05) is 0 Å². The van der Waals surface area contributed by atoms with Gasteiger partial charge in [0.15, 0.2) is 0 Å².